The van der Waals surface area contributed by atoms with Gasteiger partial charge in [-0.05, 0) is 31.2 Å². The summed E-state index contributed by atoms with van der Waals surface area (Å²) in [5.41, 5.74) is 2.54. The minimum atomic E-state index is -0.325. The van der Waals surface area contributed by atoms with E-state index in [1.807, 2.05) is 0 Å². The van der Waals surface area contributed by atoms with Gasteiger partial charge in [0.05, 0.1) is 29.7 Å². The lowest BCUT2D eigenvalue weighted by atomic mass is 10.2. The van der Waals surface area contributed by atoms with Crippen LogP contribution in [0.1, 0.15) is 11.3 Å². The fourth-order valence-electron chi connectivity index (χ4n) is 2.71. The number of pyridine rings is 1. The highest BCUT2D eigenvalue weighted by molar-refractivity contribution is 5.75. The highest BCUT2D eigenvalue weighted by Gasteiger charge is 2.25. The summed E-state index contributed by atoms with van der Waals surface area (Å²) in [5, 5.41) is 0. The zero-order chi connectivity index (χ0) is 15.3. The summed E-state index contributed by atoms with van der Waals surface area (Å²) in [6.07, 6.45) is 2.14. The third kappa shape index (κ3) is 1.80. The summed E-state index contributed by atoms with van der Waals surface area (Å²) in [7, 11) is 0. The quantitative estimate of drug-likeness (QED) is 0.690. The van der Waals surface area contributed by atoms with Crippen molar-refractivity contribution in [2.24, 2.45) is 0 Å². The van der Waals surface area contributed by atoms with Crippen molar-refractivity contribution in [1.29, 1.82) is 0 Å². The van der Waals surface area contributed by atoms with E-state index in [1.54, 1.807) is 29.8 Å². The summed E-state index contributed by atoms with van der Waals surface area (Å²) in [6, 6.07) is 5.98. The Morgan fingerprint density at radius 3 is 2.82 bits per heavy atom. The number of hydrogen-bond acceptors (Lipinski definition) is 4. The first-order chi connectivity index (χ1) is 10.6. The number of aryl methyl sites for hydroxylation is 1. The third-order valence-electron chi connectivity index (χ3n) is 3.71. The van der Waals surface area contributed by atoms with E-state index in [9.17, 15) is 9.18 Å². The van der Waals surface area contributed by atoms with E-state index in [-0.39, 0.29) is 11.2 Å². The predicted octanol–water partition coefficient (Wildman–Crippen LogP) is 2.16. The molecular weight excluding hydrogens is 285 g/mol. The van der Waals surface area contributed by atoms with Gasteiger partial charge in [-0.2, -0.15) is 0 Å². The lowest BCUT2D eigenvalue weighted by Crippen LogP contribution is -2.16. The molecule has 22 heavy (non-hydrogen) atoms. The van der Waals surface area contributed by atoms with Crippen molar-refractivity contribution in [3.63, 3.8) is 0 Å². The van der Waals surface area contributed by atoms with Gasteiger partial charge in [0, 0.05) is 6.42 Å². The van der Waals surface area contributed by atoms with Crippen molar-refractivity contribution in [2.45, 2.75) is 13.3 Å². The first-order valence-electron chi connectivity index (χ1n) is 6.95. The summed E-state index contributed by atoms with van der Waals surface area (Å²) >= 11 is 0. The number of fused-ring (bicyclic) bond motifs is 2. The molecule has 0 amide bonds. The molecule has 3 heterocycles. The second-order valence-electron chi connectivity index (χ2n) is 5.21. The Bertz CT molecular complexity index is 948. The molecule has 2 aromatic heterocycles. The number of benzene rings is 1. The molecule has 0 unspecified atom stereocenters. The van der Waals surface area contributed by atoms with Crippen LogP contribution < -0.4 is 10.2 Å². The Morgan fingerprint density at radius 2 is 2.05 bits per heavy atom. The zero-order valence-electron chi connectivity index (χ0n) is 11.8. The second-order valence-corrected chi connectivity index (χ2v) is 5.21. The van der Waals surface area contributed by atoms with E-state index in [0.717, 1.165) is 0 Å². The predicted molar refractivity (Wildman–Crippen MR) is 79.0 cm³/mol. The first-order valence-corrected chi connectivity index (χ1v) is 6.95. The lowest BCUT2D eigenvalue weighted by molar-refractivity contribution is 0.338. The Labute approximate surface area is 125 Å². The van der Waals surface area contributed by atoms with Crippen molar-refractivity contribution >= 4 is 11.2 Å². The molecule has 0 saturated carbocycles. The largest absolute Gasteiger partial charge is 0.478 e. The molecule has 5 nitrogen and oxygen atoms in total. The van der Waals surface area contributed by atoms with Gasteiger partial charge in [0.25, 0.3) is 0 Å². The fraction of sp³-hybridized carbons (Fsp3) is 0.188. The van der Waals surface area contributed by atoms with Gasteiger partial charge in [0.2, 0.25) is 11.3 Å². The molecule has 0 saturated heterocycles. The second kappa shape index (κ2) is 4.62. The van der Waals surface area contributed by atoms with E-state index in [1.165, 1.54) is 12.1 Å². The summed E-state index contributed by atoms with van der Waals surface area (Å²) < 4.78 is 20.6. The maximum atomic E-state index is 13.2. The maximum absolute atomic E-state index is 13.2. The molecule has 0 atom stereocenters. The van der Waals surface area contributed by atoms with Crippen LogP contribution in [0.4, 0.5) is 4.39 Å². The number of aromatic nitrogens is 3. The molecule has 0 N–H and O–H groups in total. The van der Waals surface area contributed by atoms with Gasteiger partial charge in [-0.3, -0.25) is 9.36 Å². The Kier molecular flexibility index (Phi) is 2.72. The highest BCUT2D eigenvalue weighted by Crippen LogP contribution is 2.29. The topological polar surface area (TPSA) is 57.0 Å². The lowest BCUT2D eigenvalue weighted by Gasteiger charge is -2.14. The van der Waals surface area contributed by atoms with Crippen LogP contribution in [0.2, 0.25) is 0 Å². The van der Waals surface area contributed by atoms with Crippen LogP contribution in [0.25, 0.3) is 16.9 Å². The SMILES string of the molecule is Cc1cnc2c(n1)c(=O)c1c(n2-c2ccc(F)cc2)OCC1. The molecule has 110 valence electrons. The van der Waals surface area contributed by atoms with Crippen molar-refractivity contribution in [3.05, 3.63) is 57.8 Å². The Morgan fingerprint density at radius 1 is 1.27 bits per heavy atom. The van der Waals surface area contributed by atoms with E-state index in [2.05, 4.69) is 9.97 Å². The van der Waals surface area contributed by atoms with Crippen LogP contribution in [0, 0.1) is 12.7 Å². The van der Waals surface area contributed by atoms with Crippen LogP contribution in [0.5, 0.6) is 5.88 Å². The Balaban J connectivity index is 2.15. The van der Waals surface area contributed by atoms with Crippen molar-refractivity contribution in [1.82, 2.24) is 14.5 Å². The van der Waals surface area contributed by atoms with Crippen LogP contribution in [0.3, 0.4) is 0 Å². The van der Waals surface area contributed by atoms with Crippen LogP contribution in [-0.4, -0.2) is 21.1 Å². The van der Waals surface area contributed by atoms with Gasteiger partial charge in [-0.1, -0.05) is 0 Å². The molecule has 0 spiro atoms. The number of nitrogens with zero attached hydrogens (tertiary/aromatic N) is 3. The number of rotatable bonds is 1. The third-order valence-corrected chi connectivity index (χ3v) is 3.71. The standard InChI is InChI=1S/C16H12FN3O2/c1-9-8-18-15-13(19-9)14(21)12-6-7-22-16(12)20(15)11-4-2-10(17)3-5-11/h2-5,8H,6-7H2,1H3. The molecule has 0 bridgehead atoms. The Hall–Kier alpha value is -2.76. The average Bonchev–Trinajstić information content (AvgIpc) is 2.99. The van der Waals surface area contributed by atoms with E-state index < -0.39 is 0 Å². The van der Waals surface area contributed by atoms with E-state index in [0.29, 0.717) is 47.0 Å². The summed E-state index contributed by atoms with van der Waals surface area (Å²) in [6.45, 7) is 2.24. The fourth-order valence-corrected chi connectivity index (χ4v) is 2.71. The number of ether oxygens (including phenoxy) is 1. The molecule has 1 aliphatic heterocycles. The van der Waals surface area contributed by atoms with E-state index in [4.69, 9.17) is 4.74 Å². The molecule has 0 fully saturated rings. The summed E-state index contributed by atoms with van der Waals surface area (Å²) in [5.74, 6) is 0.149. The van der Waals surface area contributed by atoms with Gasteiger partial charge in [-0.25, -0.2) is 14.4 Å². The minimum absolute atomic E-state index is 0.142. The normalized spacial score (nSPS) is 13.2. The van der Waals surface area contributed by atoms with Gasteiger partial charge in [-0.15, -0.1) is 0 Å². The monoisotopic (exact) mass is 297 g/mol. The highest BCUT2D eigenvalue weighted by atomic mass is 19.1. The molecule has 6 heteroatoms. The van der Waals surface area contributed by atoms with Gasteiger partial charge >= 0.3 is 0 Å². The molecular formula is C16H12FN3O2. The minimum Gasteiger partial charge on any atom is -0.478 e. The van der Waals surface area contributed by atoms with Gasteiger partial charge in [0.1, 0.15) is 5.82 Å². The summed E-state index contributed by atoms with van der Waals surface area (Å²) in [4.78, 5) is 21.2. The molecule has 4 rings (SSSR count). The van der Waals surface area contributed by atoms with Crippen molar-refractivity contribution < 1.29 is 9.13 Å². The first kappa shape index (κ1) is 12.9. The molecule has 0 radical (unpaired) electrons. The number of hydrogen-bond donors (Lipinski definition) is 0. The van der Waals surface area contributed by atoms with Gasteiger partial charge < -0.3 is 4.74 Å². The van der Waals surface area contributed by atoms with Crippen LogP contribution in [0.15, 0.2) is 35.3 Å². The van der Waals surface area contributed by atoms with Gasteiger partial charge in [0.15, 0.2) is 11.2 Å². The number of halogens is 1. The molecule has 1 aromatic carbocycles. The van der Waals surface area contributed by atoms with Crippen molar-refractivity contribution in [2.75, 3.05) is 6.61 Å². The maximum Gasteiger partial charge on any atom is 0.216 e. The molecule has 1 aliphatic rings. The zero-order valence-corrected chi connectivity index (χ0v) is 11.8. The van der Waals surface area contributed by atoms with Crippen molar-refractivity contribution in [3.8, 4) is 11.6 Å². The average molecular weight is 297 g/mol. The van der Waals surface area contributed by atoms with E-state index >= 15 is 0 Å². The van der Waals surface area contributed by atoms with Crippen LogP contribution in [-0.2, 0) is 6.42 Å². The molecule has 0 aliphatic carbocycles. The van der Waals surface area contributed by atoms with Crippen LogP contribution >= 0.6 is 0 Å². The smallest absolute Gasteiger partial charge is 0.216 e. The molecule has 3 aromatic rings.